The summed E-state index contributed by atoms with van der Waals surface area (Å²) in [5, 5.41) is 56.9. The molecule has 0 radical (unpaired) electrons. The van der Waals surface area contributed by atoms with E-state index in [4.69, 9.17) is 14.2 Å². The molecule has 0 spiro atoms. The molecule has 1 fully saturated rings. The monoisotopic (exact) mass is 1120 g/mol. The fourth-order valence-electron chi connectivity index (χ4n) is 9.80. The van der Waals surface area contributed by atoms with E-state index in [0.29, 0.717) is 12.8 Å². The van der Waals surface area contributed by atoms with Crippen molar-refractivity contribution < 1.29 is 49.3 Å². The molecule has 11 heteroatoms. The molecular weight excluding hydrogens is 1000 g/mol. The topological polar surface area (TPSA) is 175 Å². The van der Waals surface area contributed by atoms with Crippen molar-refractivity contribution in [3.63, 3.8) is 0 Å². The Morgan fingerprint density at radius 3 is 1.31 bits per heavy atom. The summed E-state index contributed by atoms with van der Waals surface area (Å²) in [4.78, 5) is 26.5. The van der Waals surface area contributed by atoms with Gasteiger partial charge in [-0.15, -0.1) is 0 Å². The van der Waals surface area contributed by atoms with Crippen LogP contribution in [-0.2, 0) is 23.8 Å². The molecule has 8 unspecified atom stereocenters. The Hall–Kier alpha value is -3.16. The second kappa shape index (κ2) is 56.3. The van der Waals surface area contributed by atoms with Gasteiger partial charge in [-0.2, -0.15) is 0 Å². The number of nitrogens with one attached hydrogen (secondary N) is 1. The van der Waals surface area contributed by atoms with Gasteiger partial charge in [0.25, 0.3) is 0 Å². The summed E-state index contributed by atoms with van der Waals surface area (Å²) in [5.74, 6) is -1.27. The smallest absolute Gasteiger partial charge is 0.306 e. The number of hydrogen-bond acceptors (Lipinski definition) is 10. The highest BCUT2D eigenvalue weighted by Crippen LogP contribution is 2.26. The second-order valence-corrected chi connectivity index (χ2v) is 22.5. The van der Waals surface area contributed by atoms with Crippen molar-refractivity contribution in [2.45, 2.75) is 327 Å². The first-order valence-corrected chi connectivity index (χ1v) is 32.9. The molecule has 1 amide bonds. The summed E-state index contributed by atoms with van der Waals surface area (Å²) in [6.45, 7) is 5.71. The number of carbonyl (C=O) groups excluding carboxylic acids is 2. The van der Waals surface area contributed by atoms with Crippen LogP contribution in [0.25, 0.3) is 0 Å². The lowest BCUT2D eigenvalue weighted by Crippen LogP contribution is -2.61. The molecule has 1 heterocycles. The van der Waals surface area contributed by atoms with Gasteiger partial charge < -0.3 is 45.1 Å². The number of aliphatic hydroxyl groups is 5. The summed E-state index contributed by atoms with van der Waals surface area (Å²) >= 11 is 0. The van der Waals surface area contributed by atoms with E-state index < -0.39 is 67.4 Å². The maximum atomic E-state index is 13.4. The van der Waals surface area contributed by atoms with E-state index >= 15 is 0 Å². The molecule has 462 valence electrons. The Labute approximate surface area is 489 Å². The number of ether oxygens (including phenoxy) is 3. The van der Waals surface area contributed by atoms with Crippen LogP contribution in [0.15, 0.2) is 85.1 Å². The van der Waals surface area contributed by atoms with Gasteiger partial charge in [0.05, 0.1) is 25.4 Å². The van der Waals surface area contributed by atoms with Gasteiger partial charge in [-0.3, -0.25) is 9.59 Å². The molecule has 1 aliphatic rings. The molecule has 1 saturated heterocycles. The van der Waals surface area contributed by atoms with Crippen LogP contribution < -0.4 is 5.32 Å². The Kier molecular flexibility index (Phi) is 52.7. The lowest BCUT2D eigenvalue weighted by Gasteiger charge is -2.41. The molecule has 0 aromatic carbocycles. The van der Waals surface area contributed by atoms with Crippen LogP contribution in [0.5, 0.6) is 0 Å². The zero-order chi connectivity index (χ0) is 58.2. The lowest BCUT2D eigenvalue weighted by atomic mass is 9.99. The van der Waals surface area contributed by atoms with Crippen LogP contribution in [0, 0.1) is 0 Å². The molecule has 1 rings (SSSR count). The maximum Gasteiger partial charge on any atom is 0.306 e. The van der Waals surface area contributed by atoms with E-state index in [0.717, 1.165) is 77.0 Å². The van der Waals surface area contributed by atoms with E-state index in [9.17, 15) is 35.1 Å². The van der Waals surface area contributed by atoms with Gasteiger partial charge in [-0.25, -0.2) is 0 Å². The van der Waals surface area contributed by atoms with Crippen LogP contribution in [0.4, 0.5) is 0 Å². The highest BCUT2D eigenvalue weighted by molar-refractivity contribution is 5.81. The first-order chi connectivity index (χ1) is 39.2. The van der Waals surface area contributed by atoms with Gasteiger partial charge >= 0.3 is 5.97 Å². The fourth-order valence-corrected chi connectivity index (χ4v) is 9.80. The quantitative estimate of drug-likeness (QED) is 0.0195. The third kappa shape index (κ3) is 43.5. The number of rotatable bonds is 55. The summed E-state index contributed by atoms with van der Waals surface area (Å²) in [6, 6.07) is -1.06. The minimum atomic E-state index is -1.63. The highest BCUT2D eigenvalue weighted by atomic mass is 16.7. The van der Waals surface area contributed by atoms with Crippen molar-refractivity contribution in [2.75, 3.05) is 13.2 Å². The first kappa shape index (κ1) is 74.9. The standard InChI is InChI=1S/C69H121NO10/c1-4-7-10-13-16-19-22-25-26-27-28-29-30-31-32-33-34-35-36-37-38-39-42-45-48-51-54-57-64(74)80-67-66(76)65(75)63(58-71)79-69(67)78-59-60(61(72)55-52-49-46-43-40-23-20-17-14-11-8-5-2)70-68(77)62(73)56-53-50-47-44-41-24-21-18-15-12-9-6-3/h16,19,25-26,28-29,31-32,41,44,50,52-53,55,60-63,65-67,69,71-73,75-76H,4-15,17-18,20-24,27,30,33-40,42-43,45-49,51,54,56-59H2,1-3H3,(H,70,77)/b19-16-,26-25-,29-28-,32-31-,44-41-,53-50+,55-52+. The number of carbonyl (C=O) groups is 2. The molecule has 80 heavy (non-hydrogen) atoms. The van der Waals surface area contributed by atoms with E-state index in [1.165, 1.54) is 154 Å². The summed E-state index contributed by atoms with van der Waals surface area (Å²) in [5.41, 5.74) is 0. The number of esters is 1. The Balaban J connectivity index is 2.58. The van der Waals surface area contributed by atoms with Crippen LogP contribution in [0.1, 0.15) is 278 Å². The molecule has 0 bridgehead atoms. The van der Waals surface area contributed by atoms with Crippen molar-refractivity contribution in [1.29, 1.82) is 0 Å². The predicted molar refractivity (Wildman–Crippen MR) is 333 cm³/mol. The molecule has 6 N–H and O–H groups in total. The lowest BCUT2D eigenvalue weighted by molar-refractivity contribution is -0.305. The average Bonchev–Trinajstić information content (AvgIpc) is 3.46. The molecule has 0 saturated carbocycles. The minimum absolute atomic E-state index is 0.0798. The van der Waals surface area contributed by atoms with E-state index in [1.807, 2.05) is 12.2 Å². The SMILES string of the molecule is CCCCC/C=C\C/C=C\C/C=C\C/C=C\CCCCCCCCCCCCCC(=O)OC1C(OCC(NC(=O)C(O)C/C=C/C/C=C\CCCCCCCC)C(O)/C=C/CCCCCCCCCCCC)OC(CO)C(O)C1O. The zero-order valence-corrected chi connectivity index (χ0v) is 51.2. The maximum absolute atomic E-state index is 13.4. The van der Waals surface area contributed by atoms with Crippen LogP contribution in [0.2, 0.25) is 0 Å². The molecule has 0 aromatic rings. The van der Waals surface area contributed by atoms with Gasteiger partial charge in [0.15, 0.2) is 12.4 Å². The van der Waals surface area contributed by atoms with E-state index in [2.05, 4.69) is 86.8 Å². The number of amides is 1. The van der Waals surface area contributed by atoms with E-state index in [1.54, 1.807) is 12.2 Å². The minimum Gasteiger partial charge on any atom is -0.454 e. The van der Waals surface area contributed by atoms with Crippen molar-refractivity contribution >= 4 is 11.9 Å². The van der Waals surface area contributed by atoms with Gasteiger partial charge in [-0.1, -0.05) is 266 Å². The Bertz CT molecular complexity index is 1620. The second-order valence-electron chi connectivity index (χ2n) is 22.5. The van der Waals surface area contributed by atoms with Gasteiger partial charge in [0, 0.05) is 12.8 Å². The predicted octanol–water partition coefficient (Wildman–Crippen LogP) is 16.1. The van der Waals surface area contributed by atoms with Crippen LogP contribution in [-0.4, -0.2) is 99.6 Å². The normalized spacial score (nSPS) is 19.3. The summed E-state index contributed by atoms with van der Waals surface area (Å²) < 4.78 is 17.6. The van der Waals surface area contributed by atoms with Crippen molar-refractivity contribution in [1.82, 2.24) is 5.32 Å². The summed E-state index contributed by atoms with van der Waals surface area (Å²) in [7, 11) is 0. The third-order valence-electron chi connectivity index (χ3n) is 15.0. The van der Waals surface area contributed by atoms with Crippen molar-refractivity contribution in [3.8, 4) is 0 Å². The molecule has 1 aliphatic heterocycles. The largest absolute Gasteiger partial charge is 0.454 e. The number of unbranched alkanes of at least 4 members (excludes halogenated alkanes) is 30. The van der Waals surface area contributed by atoms with Crippen LogP contribution >= 0.6 is 0 Å². The van der Waals surface area contributed by atoms with Gasteiger partial charge in [-0.05, 0) is 83.5 Å². The highest BCUT2D eigenvalue weighted by Gasteiger charge is 2.47. The van der Waals surface area contributed by atoms with Gasteiger partial charge in [0.2, 0.25) is 5.91 Å². The molecule has 11 nitrogen and oxygen atoms in total. The number of allylic oxidation sites excluding steroid dienone is 12. The van der Waals surface area contributed by atoms with Crippen molar-refractivity contribution in [2.24, 2.45) is 0 Å². The number of aliphatic hydroxyl groups excluding tert-OH is 5. The first-order valence-electron chi connectivity index (χ1n) is 32.9. The Morgan fingerprint density at radius 2 is 0.863 bits per heavy atom. The fraction of sp³-hybridized carbons (Fsp3) is 0.768. The zero-order valence-electron chi connectivity index (χ0n) is 51.2. The molecule has 8 atom stereocenters. The van der Waals surface area contributed by atoms with Crippen molar-refractivity contribution in [3.05, 3.63) is 85.1 Å². The van der Waals surface area contributed by atoms with E-state index in [-0.39, 0.29) is 19.4 Å². The Morgan fingerprint density at radius 1 is 0.487 bits per heavy atom. The number of hydrogen-bond donors (Lipinski definition) is 6. The van der Waals surface area contributed by atoms with Crippen LogP contribution in [0.3, 0.4) is 0 Å². The van der Waals surface area contributed by atoms with Gasteiger partial charge in [0.1, 0.15) is 24.4 Å². The third-order valence-corrected chi connectivity index (χ3v) is 15.0. The molecule has 0 aromatic heterocycles. The molecule has 0 aliphatic carbocycles. The summed E-state index contributed by atoms with van der Waals surface area (Å²) in [6.07, 6.45) is 63.6. The average molecular weight is 1120 g/mol. The molecular formula is C69H121NO10.